The number of carboxylic acids is 1. The first-order valence-corrected chi connectivity index (χ1v) is 9.29. The Morgan fingerprint density at radius 1 is 1.11 bits per heavy atom. The van der Waals surface area contributed by atoms with Gasteiger partial charge < -0.3 is 14.6 Å². The molecule has 150 valence electrons. The van der Waals surface area contributed by atoms with Crippen LogP contribution >= 0.6 is 0 Å². The van der Waals surface area contributed by atoms with Gasteiger partial charge in [0, 0.05) is 0 Å². The zero-order valence-corrected chi connectivity index (χ0v) is 16.0. The van der Waals surface area contributed by atoms with Gasteiger partial charge in [-0.15, -0.1) is 0 Å². The average Bonchev–Trinajstić information content (AvgIpc) is 2.49. The van der Waals surface area contributed by atoms with Crippen molar-refractivity contribution in [1.82, 2.24) is 4.90 Å². The lowest BCUT2D eigenvalue weighted by atomic mass is 10.2. The highest BCUT2D eigenvalue weighted by atomic mass is 32.2. The molecule has 0 aromatic heterocycles. The van der Waals surface area contributed by atoms with Crippen molar-refractivity contribution in [1.29, 1.82) is 0 Å². The summed E-state index contributed by atoms with van der Waals surface area (Å²) in [4.78, 5) is 35.4. The maximum absolute atomic E-state index is 12.0. The van der Waals surface area contributed by atoms with E-state index < -0.39 is 46.7 Å². The normalized spacial score (nSPS) is 11.6. The molecule has 0 spiro atoms. The third-order valence-electron chi connectivity index (χ3n) is 2.95. The second-order valence-electron chi connectivity index (χ2n) is 6.58. The number of benzene rings is 1. The van der Waals surface area contributed by atoms with Gasteiger partial charge in [0.15, 0.2) is 0 Å². The maximum atomic E-state index is 12.0. The molecular weight excluding hydrogens is 380 g/mol. The molecule has 0 radical (unpaired) electrons. The van der Waals surface area contributed by atoms with Crippen molar-refractivity contribution in [3.05, 3.63) is 29.8 Å². The number of rotatable bonds is 7. The SMILES string of the molecule is CC(C)(C)OC(=O)N(CC(=O)O)CC(=O)OCc1ccc(S(N)(=O)=O)cc1. The van der Waals surface area contributed by atoms with Crippen LogP contribution in [0.3, 0.4) is 0 Å². The number of carbonyl (C=O) groups is 3. The van der Waals surface area contributed by atoms with Gasteiger partial charge in [-0.3, -0.25) is 14.5 Å². The molecule has 3 N–H and O–H groups in total. The predicted octanol–water partition coefficient (Wildman–Crippen LogP) is 0.699. The van der Waals surface area contributed by atoms with E-state index in [0.29, 0.717) is 10.5 Å². The number of esters is 1. The molecule has 0 heterocycles. The summed E-state index contributed by atoms with van der Waals surface area (Å²) in [6.45, 7) is 3.27. The Bertz CT molecular complexity index is 797. The molecule has 0 aliphatic heterocycles. The number of sulfonamides is 1. The molecular formula is C16H22N2O8S. The minimum atomic E-state index is -3.82. The van der Waals surface area contributed by atoms with E-state index in [-0.39, 0.29) is 11.5 Å². The van der Waals surface area contributed by atoms with Crippen LogP contribution in [0.25, 0.3) is 0 Å². The van der Waals surface area contributed by atoms with Crippen LogP contribution in [0, 0.1) is 0 Å². The smallest absolute Gasteiger partial charge is 0.411 e. The number of amides is 1. The van der Waals surface area contributed by atoms with Gasteiger partial charge in [0.1, 0.15) is 25.3 Å². The van der Waals surface area contributed by atoms with Crippen molar-refractivity contribution >= 4 is 28.1 Å². The molecule has 0 aliphatic carbocycles. The van der Waals surface area contributed by atoms with Gasteiger partial charge in [0.05, 0.1) is 4.90 Å². The molecule has 1 aromatic carbocycles. The lowest BCUT2D eigenvalue weighted by molar-refractivity contribution is -0.147. The van der Waals surface area contributed by atoms with Gasteiger partial charge in [-0.2, -0.15) is 0 Å². The topological polar surface area (TPSA) is 153 Å². The molecule has 0 bridgehead atoms. The van der Waals surface area contributed by atoms with E-state index in [4.69, 9.17) is 19.7 Å². The van der Waals surface area contributed by atoms with Crippen LogP contribution < -0.4 is 5.14 Å². The van der Waals surface area contributed by atoms with Crippen LogP contribution in [0.5, 0.6) is 0 Å². The highest BCUT2D eigenvalue weighted by Gasteiger charge is 2.26. The van der Waals surface area contributed by atoms with Crippen LogP contribution in [0.2, 0.25) is 0 Å². The standard InChI is InChI=1S/C16H22N2O8S/c1-16(2,3)26-15(22)18(8-13(19)20)9-14(21)25-10-11-4-6-12(7-5-11)27(17,23)24/h4-7H,8-10H2,1-3H3,(H,19,20)(H2,17,23,24). The molecule has 0 atom stereocenters. The molecule has 0 unspecified atom stereocenters. The van der Waals surface area contributed by atoms with Crippen LogP contribution in [0.4, 0.5) is 4.79 Å². The quantitative estimate of drug-likeness (QED) is 0.632. The molecule has 1 rings (SSSR count). The summed E-state index contributed by atoms with van der Waals surface area (Å²) in [5.74, 6) is -2.16. The van der Waals surface area contributed by atoms with Crippen LogP contribution in [0.15, 0.2) is 29.2 Å². The Labute approximate surface area is 156 Å². The van der Waals surface area contributed by atoms with Crippen molar-refractivity contribution in [3.63, 3.8) is 0 Å². The van der Waals surface area contributed by atoms with Gasteiger partial charge >= 0.3 is 18.0 Å². The fraction of sp³-hybridized carbons (Fsp3) is 0.438. The van der Waals surface area contributed by atoms with E-state index in [1.54, 1.807) is 20.8 Å². The second kappa shape index (κ2) is 8.82. The fourth-order valence-electron chi connectivity index (χ4n) is 1.82. The number of hydrogen-bond donors (Lipinski definition) is 2. The maximum Gasteiger partial charge on any atom is 0.411 e. The molecule has 0 saturated carbocycles. The van der Waals surface area contributed by atoms with E-state index in [1.807, 2.05) is 0 Å². The van der Waals surface area contributed by atoms with Gasteiger partial charge in [-0.25, -0.2) is 18.4 Å². The van der Waals surface area contributed by atoms with Crippen molar-refractivity contribution in [2.45, 2.75) is 37.9 Å². The first-order chi connectivity index (χ1) is 12.3. The monoisotopic (exact) mass is 402 g/mol. The molecule has 27 heavy (non-hydrogen) atoms. The number of nitrogens with two attached hydrogens (primary N) is 1. The van der Waals surface area contributed by atoms with Gasteiger partial charge in [-0.1, -0.05) is 12.1 Å². The van der Waals surface area contributed by atoms with E-state index in [2.05, 4.69) is 0 Å². The summed E-state index contributed by atoms with van der Waals surface area (Å²) in [6, 6.07) is 5.34. The molecule has 0 fully saturated rings. The number of carboxylic acid groups (broad SMARTS) is 1. The summed E-state index contributed by atoms with van der Waals surface area (Å²) in [7, 11) is -3.82. The summed E-state index contributed by atoms with van der Waals surface area (Å²) in [5, 5.41) is 13.9. The van der Waals surface area contributed by atoms with E-state index in [1.165, 1.54) is 24.3 Å². The predicted molar refractivity (Wildman–Crippen MR) is 93.1 cm³/mol. The van der Waals surface area contributed by atoms with Crippen LogP contribution in [-0.2, 0) is 35.7 Å². The van der Waals surface area contributed by atoms with Crippen LogP contribution in [0.1, 0.15) is 26.3 Å². The summed E-state index contributed by atoms with van der Waals surface area (Å²) in [5.41, 5.74) is -0.374. The van der Waals surface area contributed by atoms with Gasteiger partial charge in [0.2, 0.25) is 10.0 Å². The number of hydrogen-bond acceptors (Lipinski definition) is 7. The average molecular weight is 402 g/mol. The Hall–Kier alpha value is -2.66. The lowest BCUT2D eigenvalue weighted by Gasteiger charge is -2.25. The van der Waals surface area contributed by atoms with Gasteiger partial charge in [-0.05, 0) is 38.5 Å². The highest BCUT2D eigenvalue weighted by molar-refractivity contribution is 7.89. The second-order valence-corrected chi connectivity index (χ2v) is 8.14. The number of nitrogens with zero attached hydrogens (tertiary/aromatic N) is 1. The summed E-state index contributed by atoms with van der Waals surface area (Å²) >= 11 is 0. The zero-order valence-electron chi connectivity index (χ0n) is 15.2. The molecule has 0 saturated heterocycles. The fourth-order valence-corrected chi connectivity index (χ4v) is 2.33. The third-order valence-corrected chi connectivity index (χ3v) is 3.88. The molecule has 1 aromatic rings. The van der Waals surface area contributed by atoms with Gasteiger partial charge in [0.25, 0.3) is 0 Å². The lowest BCUT2D eigenvalue weighted by Crippen LogP contribution is -2.43. The van der Waals surface area contributed by atoms with Crippen LogP contribution in [-0.4, -0.2) is 55.1 Å². The highest BCUT2D eigenvalue weighted by Crippen LogP contribution is 2.11. The minimum Gasteiger partial charge on any atom is -0.480 e. The summed E-state index contributed by atoms with van der Waals surface area (Å²) < 4.78 is 32.4. The number of carbonyl (C=O) groups excluding carboxylic acids is 2. The van der Waals surface area contributed by atoms with Crippen molar-refractivity contribution < 1.29 is 37.4 Å². The third kappa shape index (κ3) is 8.51. The Kier molecular flexibility index (Phi) is 7.31. The molecule has 10 nitrogen and oxygen atoms in total. The number of aliphatic carboxylic acids is 1. The Morgan fingerprint density at radius 2 is 1.67 bits per heavy atom. The van der Waals surface area contributed by atoms with E-state index >= 15 is 0 Å². The first kappa shape index (κ1) is 22.4. The number of ether oxygens (including phenoxy) is 2. The largest absolute Gasteiger partial charge is 0.480 e. The summed E-state index contributed by atoms with van der Waals surface area (Å²) in [6.07, 6.45) is -0.959. The van der Waals surface area contributed by atoms with E-state index in [9.17, 15) is 22.8 Å². The minimum absolute atomic E-state index is 0.0878. The Morgan fingerprint density at radius 3 is 2.11 bits per heavy atom. The Balaban J connectivity index is 2.68. The first-order valence-electron chi connectivity index (χ1n) is 7.75. The van der Waals surface area contributed by atoms with Crippen molar-refractivity contribution in [2.24, 2.45) is 5.14 Å². The molecule has 0 aliphatic rings. The zero-order chi connectivity index (χ0) is 20.8. The van der Waals surface area contributed by atoms with Crippen molar-refractivity contribution in [2.75, 3.05) is 13.1 Å². The van der Waals surface area contributed by atoms with E-state index in [0.717, 1.165) is 0 Å². The van der Waals surface area contributed by atoms with Crippen molar-refractivity contribution in [3.8, 4) is 0 Å². The molecule has 1 amide bonds. The molecule has 11 heteroatoms. The number of primary sulfonamides is 1.